The summed E-state index contributed by atoms with van der Waals surface area (Å²) < 4.78 is 30.1. The smallest absolute Gasteiger partial charge is 0.232 e. The van der Waals surface area contributed by atoms with E-state index in [0.29, 0.717) is 30.6 Å². The van der Waals surface area contributed by atoms with Gasteiger partial charge in [-0.15, -0.1) is 0 Å². The van der Waals surface area contributed by atoms with Gasteiger partial charge in [-0.3, -0.25) is 4.79 Å². The van der Waals surface area contributed by atoms with Gasteiger partial charge in [-0.05, 0) is 42.8 Å². The Morgan fingerprint density at radius 1 is 1.23 bits per heavy atom. The van der Waals surface area contributed by atoms with Gasteiger partial charge in [0.25, 0.3) is 0 Å². The van der Waals surface area contributed by atoms with Gasteiger partial charge in [-0.1, -0.05) is 18.5 Å². The largest absolute Gasteiger partial charge is 0.494 e. The second kappa shape index (κ2) is 9.16. The molecule has 2 aromatic carbocycles. The summed E-state index contributed by atoms with van der Waals surface area (Å²) in [4.78, 5) is 18.5. The molecule has 0 saturated carbocycles. The summed E-state index contributed by atoms with van der Waals surface area (Å²) in [5.41, 5.74) is 1.28. The molecule has 0 aliphatic carbocycles. The third-order valence-electron chi connectivity index (χ3n) is 5.24. The fourth-order valence-corrected chi connectivity index (χ4v) is 3.50. The first kappa shape index (κ1) is 20.8. The number of halogens is 1. The number of benzene rings is 2. The van der Waals surface area contributed by atoms with Crippen LogP contribution in [0.25, 0.3) is 11.4 Å². The van der Waals surface area contributed by atoms with Gasteiger partial charge < -0.3 is 18.9 Å². The highest BCUT2D eigenvalue weighted by Gasteiger charge is 2.35. The molecule has 1 unspecified atom stereocenters. The number of carbonyl (C=O) groups is 1. The zero-order chi connectivity index (χ0) is 21.8. The van der Waals surface area contributed by atoms with Crippen LogP contribution in [-0.4, -0.2) is 36.3 Å². The summed E-state index contributed by atoms with van der Waals surface area (Å²) in [7, 11) is 1.40. The molecule has 0 radical (unpaired) electrons. The molecular formula is C23H24FN3O4. The molecule has 7 nitrogen and oxygen atoms in total. The number of anilines is 1. The summed E-state index contributed by atoms with van der Waals surface area (Å²) in [5, 5.41) is 4.06. The molecule has 1 aliphatic rings. The van der Waals surface area contributed by atoms with Gasteiger partial charge >= 0.3 is 0 Å². The molecule has 1 aliphatic heterocycles. The Morgan fingerprint density at radius 2 is 2.03 bits per heavy atom. The van der Waals surface area contributed by atoms with Gasteiger partial charge in [-0.2, -0.15) is 4.98 Å². The van der Waals surface area contributed by atoms with Crippen LogP contribution in [0.5, 0.6) is 11.5 Å². The maximum atomic E-state index is 14.0. The summed E-state index contributed by atoms with van der Waals surface area (Å²) in [5.74, 6) is 0.886. The van der Waals surface area contributed by atoms with E-state index < -0.39 is 5.82 Å². The number of hydrogen-bond donors (Lipinski definition) is 0. The Bertz CT molecular complexity index is 1050. The van der Waals surface area contributed by atoms with Crippen molar-refractivity contribution in [3.05, 3.63) is 54.2 Å². The molecule has 1 saturated heterocycles. The molecule has 2 heterocycles. The minimum Gasteiger partial charge on any atom is -0.494 e. The van der Waals surface area contributed by atoms with Crippen LogP contribution in [0.3, 0.4) is 0 Å². The molecule has 1 atom stereocenters. The highest BCUT2D eigenvalue weighted by Crippen LogP contribution is 2.33. The topological polar surface area (TPSA) is 77.7 Å². The van der Waals surface area contributed by atoms with E-state index in [9.17, 15) is 9.18 Å². The Balaban J connectivity index is 1.44. The van der Waals surface area contributed by atoms with E-state index in [1.165, 1.54) is 24.1 Å². The van der Waals surface area contributed by atoms with Crippen LogP contribution in [0.15, 0.2) is 47.0 Å². The van der Waals surface area contributed by atoms with Crippen LogP contribution >= 0.6 is 0 Å². The molecule has 0 bridgehead atoms. The van der Waals surface area contributed by atoms with E-state index in [2.05, 4.69) is 17.1 Å². The predicted molar refractivity (Wildman–Crippen MR) is 113 cm³/mol. The first-order valence-corrected chi connectivity index (χ1v) is 10.3. The van der Waals surface area contributed by atoms with E-state index in [-0.39, 0.29) is 24.0 Å². The lowest BCUT2D eigenvalue weighted by Crippen LogP contribution is -2.24. The van der Waals surface area contributed by atoms with Crippen LogP contribution in [-0.2, 0) is 4.79 Å². The van der Waals surface area contributed by atoms with Crippen molar-refractivity contribution < 1.29 is 23.2 Å². The van der Waals surface area contributed by atoms with Crippen LogP contribution < -0.4 is 14.4 Å². The van der Waals surface area contributed by atoms with Crippen molar-refractivity contribution in [1.82, 2.24) is 10.1 Å². The third-order valence-corrected chi connectivity index (χ3v) is 5.24. The second-order valence-corrected chi connectivity index (χ2v) is 7.41. The van der Waals surface area contributed by atoms with Crippen LogP contribution in [0, 0.1) is 5.82 Å². The summed E-state index contributed by atoms with van der Waals surface area (Å²) >= 11 is 0. The van der Waals surface area contributed by atoms with Gasteiger partial charge in [0.1, 0.15) is 5.75 Å². The van der Waals surface area contributed by atoms with Crippen LogP contribution in [0.4, 0.5) is 10.1 Å². The highest BCUT2D eigenvalue weighted by molar-refractivity contribution is 5.96. The molecule has 31 heavy (non-hydrogen) atoms. The van der Waals surface area contributed by atoms with Crippen molar-refractivity contribution in [3.63, 3.8) is 0 Å². The van der Waals surface area contributed by atoms with Crippen molar-refractivity contribution in [2.24, 2.45) is 0 Å². The Labute approximate surface area is 179 Å². The number of unbranched alkanes of at least 4 members (excludes halogenated alkanes) is 1. The molecular weight excluding hydrogens is 401 g/mol. The molecule has 3 aromatic rings. The number of ether oxygens (including phenoxy) is 2. The quantitative estimate of drug-likeness (QED) is 0.492. The molecule has 8 heteroatoms. The van der Waals surface area contributed by atoms with Crippen molar-refractivity contribution in [2.45, 2.75) is 32.1 Å². The third kappa shape index (κ3) is 4.52. The van der Waals surface area contributed by atoms with Crippen LogP contribution in [0.1, 0.15) is 38.0 Å². The van der Waals surface area contributed by atoms with E-state index in [1.807, 2.05) is 24.3 Å². The van der Waals surface area contributed by atoms with E-state index in [4.69, 9.17) is 14.0 Å². The van der Waals surface area contributed by atoms with E-state index in [1.54, 1.807) is 6.07 Å². The molecule has 1 amide bonds. The lowest BCUT2D eigenvalue weighted by Gasteiger charge is -2.16. The van der Waals surface area contributed by atoms with Gasteiger partial charge in [0.15, 0.2) is 11.6 Å². The van der Waals surface area contributed by atoms with Gasteiger partial charge in [0.2, 0.25) is 17.6 Å². The molecule has 1 fully saturated rings. The zero-order valence-electron chi connectivity index (χ0n) is 17.5. The summed E-state index contributed by atoms with van der Waals surface area (Å²) in [6, 6.07) is 12.0. The molecule has 1 aromatic heterocycles. The zero-order valence-corrected chi connectivity index (χ0v) is 17.5. The van der Waals surface area contributed by atoms with E-state index in [0.717, 1.165) is 24.2 Å². The van der Waals surface area contributed by atoms with Crippen molar-refractivity contribution in [2.75, 3.05) is 25.2 Å². The molecule has 4 rings (SSSR count). The lowest BCUT2D eigenvalue weighted by molar-refractivity contribution is -0.117. The molecule has 0 N–H and O–H groups in total. The van der Waals surface area contributed by atoms with Gasteiger partial charge in [-0.25, -0.2) is 4.39 Å². The molecule has 162 valence electrons. The average molecular weight is 425 g/mol. The van der Waals surface area contributed by atoms with Crippen molar-refractivity contribution in [1.29, 1.82) is 0 Å². The molecule has 0 spiro atoms. The minimum atomic E-state index is -0.515. The van der Waals surface area contributed by atoms with Crippen molar-refractivity contribution >= 4 is 11.6 Å². The van der Waals surface area contributed by atoms with Crippen LogP contribution in [0.2, 0.25) is 0 Å². The number of amides is 1. The maximum absolute atomic E-state index is 14.0. The Morgan fingerprint density at radius 3 is 2.74 bits per heavy atom. The maximum Gasteiger partial charge on any atom is 0.232 e. The predicted octanol–water partition coefficient (Wildman–Crippen LogP) is 4.58. The Kier molecular flexibility index (Phi) is 6.16. The van der Waals surface area contributed by atoms with E-state index >= 15 is 0 Å². The lowest BCUT2D eigenvalue weighted by atomic mass is 10.1. The Hall–Kier alpha value is -3.42. The number of hydrogen-bond acceptors (Lipinski definition) is 6. The number of nitrogens with zero attached hydrogens (tertiary/aromatic N) is 3. The fourth-order valence-electron chi connectivity index (χ4n) is 3.50. The summed E-state index contributed by atoms with van der Waals surface area (Å²) in [6.45, 7) is 3.15. The standard InChI is InChI=1S/C23H24FN3O4/c1-3-4-11-30-18-8-5-15(6-9-18)22-25-23(31-26-22)16-12-21(28)27(14-16)17-7-10-20(29-2)19(24)13-17/h5-10,13,16H,3-4,11-12,14H2,1-2H3. The minimum absolute atomic E-state index is 0.122. The average Bonchev–Trinajstić information content (AvgIpc) is 3.41. The van der Waals surface area contributed by atoms with Crippen molar-refractivity contribution in [3.8, 4) is 22.9 Å². The van der Waals surface area contributed by atoms with Gasteiger partial charge in [0.05, 0.1) is 19.6 Å². The first-order valence-electron chi connectivity index (χ1n) is 10.3. The SMILES string of the molecule is CCCCOc1ccc(-c2noc(C3CC(=O)N(c4ccc(OC)c(F)c4)C3)n2)cc1. The summed E-state index contributed by atoms with van der Waals surface area (Å²) in [6.07, 6.45) is 2.31. The monoisotopic (exact) mass is 425 g/mol. The number of aromatic nitrogens is 2. The number of rotatable bonds is 8. The first-order chi connectivity index (χ1) is 15.1. The number of carbonyl (C=O) groups excluding carboxylic acids is 1. The fraction of sp³-hybridized carbons (Fsp3) is 0.348. The second-order valence-electron chi connectivity index (χ2n) is 7.41. The number of methoxy groups -OCH3 is 1. The highest BCUT2D eigenvalue weighted by atomic mass is 19.1. The normalized spacial score (nSPS) is 16.0. The van der Waals surface area contributed by atoms with Gasteiger partial charge in [0, 0.05) is 30.3 Å².